The number of methoxy groups -OCH3 is 1. The van der Waals surface area contributed by atoms with E-state index < -0.39 is 0 Å². The van der Waals surface area contributed by atoms with Gasteiger partial charge in [0.05, 0.1) is 18.5 Å². The van der Waals surface area contributed by atoms with Crippen LogP contribution in [0.3, 0.4) is 0 Å². The minimum atomic E-state index is 0.558. The lowest BCUT2D eigenvalue weighted by Gasteiger charge is -2.18. The summed E-state index contributed by atoms with van der Waals surface area (Å²) in [6, 6.07) is 13.8. The third kappa shape index (κ3) is 3.41. The molecule has 144 valence electrons. The van der Waals surface area contributed by atoms with Crippen molar-refractivity contribution in [3.05, 3.63) is 58.2 Å². The summed E-state index contributed by atoms with van der Waals surface area (Å²) in [6.45, 7) is 3.11. The molecule has 1 aromatic heterocycles. The van der Waals surface area contributed by atoms with Gasteiger partial charge in [-0.3, -0.25) is 4.99 Å². The minimum absolute atomic E-state index is 0.558. The van der Waals surface area contributed by atoms with Crippen molar-refractivity contribution in [3.63, 3.8) is 0 Å². The molecule has 0 atom stereocenters. The molecule has 0 fully saturated rings. The highest BCUT2D eigenvalue weighted by Gasteiger charge is 2.15. The lowest BCUT2D eigenvalue weighted by Crippen LogP contribution is -2.16. The Balaban J connectivity index is 1.80. The van der Waals surface area contributed by atoms with Crippen LogP contribution in [0.4, 0.5) is 0 Å². The molecule has 28 heavy (non-hydrogen) atoms. The third-order valence-electron chi connectivity index (χ3n) is 4.47. The maximum Gasteiger partial charge on any atom is 0.205 e. The van der Waals surface area contributed by atoms with E-state index in [2.05, 4.69) is 4.99 Å². The maximum atomic E-state index is 5.70. The largest absolute Gasteiger partial charge is 0.496 e. The molecule has 0 spiro atoms. The number of ether oxygens (including phenoxy) is 3. The zero-order valence-corrected chi connectivity index (χ0v) is 16.8. The van der Waals surface area contributed by atoms with Crippen LogP contribution in [0.25, 0.3) is 11.3 Å². The molecular weight excluding hydrogens is 374 g/mol. The van der Waals surface area contributed by atoms with Crippen LogP contribution in [0.5, 0.6) is 17.2 Å². The van der Waals surface area contributed by atoms with E-state index >= 15 is 0 Å². The minimum Gasteiger partial charge on any atom is -0.496 e. The first-order valence-corrected chi connectivity index (χ1v) is 9.81. The molecule has 1 aliphatic heterocycles. The number of hydrogen-bond donors (Lipinski definition) is 0. The number of benzene rings is 2. The normalized spacial score (nSPS) is 14.2. The van der Waals surface area contributed by atoms with E-state index in [-0.39, 0.29) is 0 Å². The quantitative estimate of drug-likeness (QED) is 0.632. The molecule has 2 aromatic carbocycles. The summed E-state index contributed by atoms with van der Waals surface area (Å²) in [6.07, 6.45) is 0. The molecule has 0 N–H and O–H groups in total. The molecule has 3 aromatic rings. The number of thiazole rings is 1. The SMILES string of the molecule is CN=c1scc(-c2ccccc2OC)n1N=C(C)c1ccc2c(c1)OCCO2. The van der Waals surface area contributed by atoms with Crippen LogP contribution >= 0.6 is 11.3 Å². The van der Waals surface area contributed by atoms with E-state index in [1.165, 1.54) is 11.3 Å². The van der Waals surface area contributed by atoms with E-state index in [9.17, 15) is 0 Å². The van der Waals surface area contributed by atoms with Gasteiger partial charge in [-0.05, 0) is 37.3 Å². The molecule has 0 radical (unpaired) electrons. The number of para-hydroxylation sites is 1. The Morgan fingerprint density at radius 1 is 1.11 bits per heavy atom. The highest BCUT2D eigenvalue weighted by Crippen LogP contribution is 2.32. The van der Waals surface area contributed by atoms with Gasteiger partial charge in [-0.2, -0.15) is 5.10 Å². The van der Waals surface area contributed by atoms with Gasteiger partial charge < -0.3 is 14.2 Å². The van der Waals surface area contributed by atoms with Crippen molar-refractivity contribution in [1.82, 2.24) is 4.68 Å². The number of nitrogens with zero attached hydrogens (tertiary/aromatic N) is 3. The monoisotopic (exact) mass is 395 g/mol. The van der Waals surface area contributed by atoms with Crippen LogP contribution in [-0.2, 0) is 0 Å². The Labute approximate surface area is 167 Å². The Morgan fingerprint density at radius 2 is 1.89 bits per heavy atom. The van der Waals surface area contributed by atoms with E-state index in [4.69, 9.17) is 19.3 Å². The summed E-state index contributed by atoms with van der Waals surface area (Å²) in [5, 5.41) is 6.90. The van der Waals surface area contributed by atoms with Gasteiger partial charge in [0.2, 0.25) is 4.80 Å². The van der Waals surface area contributed by atoms with Gasteiger partial charge >= 0.3 is 0 Å². The van der Waals surface area contributed by atoms with Gasteiger partial charge in [0.1, 0.15) is 19.0 Å². The molecule has 2 heterocycles. The maximum absolute atomic E-state index is 5.70. The molecular formula is C21H21N3O3S. The lowest BCUT2D eigenvalue weighted by molar-refractivity contribution is 0.171. The van der Waals surface area contributed by atoms with Crippen LogP contribution < -0.4 is 19.0 Å². The molecule has 7 heteroatoms. The Hall–Kier alpha value is -3.06. The van der Waals surface area contributed by atoms with E-state index in [1.54, 1.807) is 14.2 Å². The van der Waals surface area contributed by atoms with Crippen molar-refractivity contribution in [2.75, 3.05) is 27.4 Å². The predicted molar refractivity (Wildman–Crippen MR) is 111 cm³/mol. The molecule has 0 saturated carbocycles. The van der Waals surface area contributed by atoms with Crippen molar-refractivity contribution in [2.24, 2.45) is 10.1 Å². The number of aromatic nitrogens is 1. The second-order valence-electron chi connectivity index (χ2n) is 6.18. The summed E-state index contributed by atoms with van der Waals surface area (Å²) < 4.78 is 18.7. The number of rotatable bonds is 4. The van der Waals surface area contributed by atoms with Crippen molar-refractivity contribution in [3.8, 4) is 28.5 Å². The number of fused-ring (bicyclic) bond motifs is 1. The topological polar surface area (TPSA) is 57.3 Å². The Morgan fingerprint density at radius 3 is 2.68 bits per heavy atom. The van der Waals surface area contributed by atoms with Crippen LogP contribution in [-0.4, -0.2) is 37.8 Å². The molecule has 0 saturated heterocycles. The second kappa shape index (κ2) is 7.90. The molecule has 0 unspecified atom stereocenters. The fourth-order valence-electron chi connectivity index (χ4n) is 3.07. The highest BCUT2D eigenvalue weighted by atomic mass is 32.1. The summed E-state index contributed by atoms with van der Waals surface area (Å²) in [5.41, 5.74) is 3.72. The first-order chi connectivity index (χ1) is 13.7. The van der Waals surface area contributed by atoms with Crippen molar-refractivity contribution in [1.29, 1.82) is 0 Å². The summed E-state index contributed by atoms with van der Waals surface area (Å²) in [5.74, 6) is 2.31. The molecule has 0 aliphatic carbocycles. The zero-order valence-electron chi connectivity index (χ0n) is 16.0. The van der Waals surface area contributed by atoms with Gasteiger partial charge in [-0.1, -0.05) is 12.1 Å². The van der Waals surface area contributed by atoms with Gasteiger partial charge in [0.25, 0.3) is 0 Å². The molecule has 0 bridgehead atoms. The van der Waals surface area contributed by atoms with Gasteiger partial charge in [-0.15, -0.1) is 11.3 Å². The van der Waals surface area contributed by atoms with Crippen LogP contribution in [0, 0.1) is 0 Å². The first-order valence-electron chi connectivity index (χ1n) is 8.93. The van der Waals surface area contributed by atoms with Crippen molar-refractivity contribution < 1.29 is 14.2 Å². The lowest BCUT2D eigenvalue weighted by atomic mass is 10.1. The third-order valence-corrected chi connectivity index (χ3v) is 5.38. The summed E-state index contributed by atoms with van der Waals surface area (Å²) in [4.78, 5) is 5.18. The molecule has 4 rings (SSSR count). The van der Waals surface area contributed by atoms with Crippen molar-refractivity contribution >= 4 is 17.0 Å². The predicted octanol–water partition coefficient (Wildman–Crippen LogP) is 3.80. The van der Waals surface area contributed by atoms with Crippen LogP contribution in [0.1, 0.15) is 12.5 Å². The Kier molecular flexibility index (Phi) is 5.16. The van der Waals surface area contributed by atoms with Crippen molar-refractivity contribution in [2.45, 2.75) is 6.92 Å². The smallest absolute Gasteiger partial charge is 0.205 e. The highest BCUT2D eigenvalue weighted by molar-refractivity contribution is 7.07. The molecule has 6 nitrogen and oxygen atoms in total. The average molecular weight is 395 g/mol. The van der Waals surface area contributed by atoms with E-state index in [0.717, 1.165) is 44.6 Å². The summed E-state index contributed by atoms with van der Waals surface area (Å²) in [7, 11) is 3.44. The molecule has 1 aliphatic rings. The second-order valence-corrected chi connectivity index (χ2v) is 7.02. The van der Waals surface area contributed by atoms with E-state index in [1.807, 2.05) is 59.4 Å². The summed E-state index contributed by atoms with van der Waals surface area (Å²) >= 11 is 1.54. The van der Waals surface area contributed by atoms with E-state index in [0.29, 0.717) is 13.2 Å². The Bertz CT molecular complexity index is 1100. The zero-order chi connectivity index (χ0) is 19.5. The first kappa shape index (κ1) is 18.3. The standard InChI is InChI=1S/C21H21N3O3S/c1-14(15-8-9-19-20(12-15)27-11-10-26-19)23-24-17(13-28-21(24)22-2)16-6-4-5-7-18(16)25-3/h4-9,12-13H,10-11H2,1-3H3. The fourth-order valence-corrected chi connectivity index (χ4v) is 3.85. The fraction of sp³-hybridized carbons (Fsp3) is 0.238. The molecule has 0 amide bonds. The van der Waals surface area contributed by atoms with Gasteiger partial charge in [0.15, 0.2) is 11.5 Å². The average Bonchev–Trinajstić information content (AvgIpc) is 3.15. The van der Waals surface area contributed by atoms with Gasteiger partial charge in [-0.25, -0.2) is 4.68 Å². The number of hydrogen-bond acceptors (Lipinski definition) is 6. The van der Waals surface area contributed by atoms with Crippen LogP contribution in [0.2, 0.25) is 0 Å². The van der Waals surface area contributed by atoms with Crippen LogP contribution in [0.15, 0.2) is 57.9 Å². The van der Waals surface area contributed by atoms with Gasteiger partial charge in [0, 0.05) is 23.6 Å².